The number of likely N-dealkylation sites (tertiary alicyclic amines) is 1. The van der Waals surface area contributed by atoms with Crippen LogP contribution in [0.25, 0.3) is 5.76 Å². The number of methoxy groups -OCH3 is 1. The molecule has 0 aliphatic carbocycles. The molecule has 2 N–H and O–H groups in total. The van der Waals surface area contributed by atoms with Gasteiger partial charge in [-0.05, 0) is 47.9 Å². The van der Waals surface area contributed by atoms with Crippen molar-refractivity contribution in [1.82, 2.24) is 4.90 Å². The molecular formula is C23H23NO6. The number of benzene rings is 2. The molecule has 1 unspecified atom stereocenters. The second-order valence-corrected chi connectivity index (χ2v) is 7.34. The van der Waals surface area contributed by atoms with Crippen LogP contribution in [0, 0.1) is 0 Å². The van der Waals surface area contributed by atoms with Crippen molar-refractivity contribution in [3.63, 3.8) is 0 Å². The number of carbonyl (C=O) groups is 2. The van der Waals surface area contributed by atoms with Crippen LogP contribution in [0.3, 0.4) is 0 Å². The maximum absolute atomic E-state index is 12.9. The summed E-state index contributed by atoms with van der Waals surface area (Å²) in [6, 6.07) is 9.13. The lowest BCUT2D eigenvalue weighted by Crippen LogP contribution is -2.30. The van der Waals surface area contributed by atoms with Gasteiger partial charge in [-0.3, -0.25) is 9.59 Å². The first-order valence-electron chi connectivity index (χ1n) is 9.87. The van der Waals surface area contributed by atoms with Crippen LogP contribution in [-0.2, 0) is 16.0 Å². The summed E-state index contributed by atoms with van der Waals surface area (Å²) in [5.41, 5.74) is 1.93. The number of Topliss-reactive ketones (excluding diaryl/α,β-unsaturated/α-hetero) is 1. The van der Waals surface area contributed by atoms with Crippen molar-refractivity contribution in [1.29, 1.82) is 0 Å². The van der Waals surface area contributed by atoms with Gasteiger partial charge < -0.3 is 24.6 Å². The number of nitrogens with zero attached hydrogens (tertiary/aromatic N) is 1. The summed E-state index contributed by atoms with van der Waals surface area (Å²) in [5, 5.41) is 21.3. The fourth-order valence-electron chi connectivity index (χ4n) is 4.06. The van der Waals surface area contributed by atoms with Crippen LogP contribution in [0.4, 0.5) is 0 Å². The summed E-state index contributed by atoms with van der Waals surface area (Å²) in [6.45, 7) is 2.82. The number of carbonyl (C=O) groups excluding carboxylic acids is 2. The number of aromatic hydroxyl groups is 1. The minimum Gasteiger partial charge on any atom is -0.507 e. The van der Waals surface area contributed by atoms with E-state index < -0.39 is 17.7 Å². The zero-order valence-corrected chi connectivity index (χ0v) is 16.8. The van der Waals surface area contributed by atoms with Gasteiger partial charge >= 0.3 is 0 Å². The number of ether oxygens (including phenoxy) is 2. The van der Waals surface area contributed by atoms with Gasteiger partial charge in [-0.15, -0.1) is 0 Å². The quantitative estimate of drug-likeness (QED) is 0.447. The van der Waals surface area contributed by atoms with E-state index in [1.807, 2.05) is 6.92 Å². The van der Waals surface area contributed by atoms with Gasteiger partial charge in [0.25, 0.3) is 11.7 Å². The Morgan fingerprint density at radius 2 is 2.03 bits per heavy atom. The molecule has 2 aliphatic rings. The molecular weight excluding hydrogens is 386 g/mol. The molecule has 2 heterocycles. The number of aliphatic hydroxyl groups excluding tert-OH is 1. The highest BCUT2D eigenvalue weighted by atomic mass is 16.5. The van der Waals surface area contributed by atoms with Gasteiger partial charge in [-0.25, -0.2) is 0 Å². The maximum Gasteiger partial charge on any atom is 0.295 e. The number of rotatable bonds is 5. The molecule has 156 valence electrons. The molecule has 0 bridgehead atoms. The van der Waals surface area contributed by atoms with Gasteiger partial charge in [-0.2, -0.15) is 0 Å². The summed E-state index contributed by atoms with van der Waals surface area (Å²) >= 11 is 0. The van der Waals surface area contributed by atoms with Crippen molar-refractivity contribution >= 4 is 17.4 Å². The molecule has 0 aromatic heterocycles. The topological polar surface area (TPSA) is 96.3 Å². The standard InChI is InChI=1S/C23H23NO6/c1-3-9-24-20(14-4-7-18(29-2)16(25)12-14)19(22(27)23(24)28)21(26)15-5-6-17-13(11-15)8-10-30-17/h4-7,11-12,20,25-26H,3,8-10H2,1-2H3/b21-19-. The molecule has 1 fully saturated rings. The number of ketones is 1. The van der Waals surface area contributed by atoms with Gasteiger partial charge in [0.15, 0.2) is 11.5 Å². The van der Waals surface area contributed by atoms with Crippen molar-refractivity contribution in [2.24, 2.45) is 0 Å². The van der Waals surface area contributed by atoms with Crippen LogP contribution >= 0.6 is 0 Å². The van der Waals surface area contributed by atoms with Crippen molar-refractivity contribution in [2.75, 3.05) is 20.3 Å². The van der Waals surface area contributed by atoms with E-state index in [9.17, 15) is 19.8 Å². The van der Waals surface area contributed by atoms with Gasteiger partial charge in [0.1, 0.15) is 11.5 Å². The lowest BCUT2D eigenvalue weighted by molar-refractivity contribution is -0.139. The molecule has 2 aromatic rings. The van der Waals surface area contributed by atoms with Crippen molar-refractivity contribution in [2.45, 2.75) is 25.8 Å². The largest absolute Gasteiger partial charge is 0.507 e. The Labute approximate surface area is 174 Å². The number of hydrogen-bond acceptors (Lipinski definition) is 6. The number of aliphatic hydroxyl groups is 1. The van der Waals surface area contributed by atoms with Crippen LogP contribution in [0.2, 0.25) is 0 Å². The first-order chi connectivity index (χ1) is 14.5. The van der Waals surface area contributed by atoms with Crippen LogP contribution in [0.15, 0.2) is 42.0 Å². The summed E-state index contributed by atoms with van der Waals surface area (Å²) in [5.74, 6) is -0.700. The fourth-order valence-corrected chi connectivity index (χ4v) is 4.06. The average Bonchev–Trinajstić information content (AvgIpc) is 3.31. The molecule has 7 nitrogen and oxygen atoms in total. The van der Waals surface area contributed by atoms with Crippen LogP contribution in [-0.4, -0.2) is 47.1 Å². The highest BCUT2D eigenvalue weighted by Gasteiger charge is 2.45. The Hall–Kier alpha value is -3.48. The first kappa shape index (κ1) is 19.8. The molecule has 0 radical (unpaired) electrons. The average molecular weight is 409 g/mol. The lowest BCUT2D eigenvalue weighted by Gasteiger charge is -2.25. The lowest BCUT2D eigenvalue weighted by atomic mass is 9.94. The van der Waals surface area contributed by atoms with E-state index in [0.717, 1.165) is 17.7 Å². The molecule has 30 heavy (non-hydrogen) atoms. The van der Waals surface area contributed by atoms with E-state index in [-0.39, 0.29) is 22.8 Å². The second kappa shape index (κ2) is 7.74. The monoisotopic (exact) mass is 409 g/mol. The fraction of sp³-hybridized carbons (Fsp3) is 0.304. The molecule has 0 spiro atoms. The number of phenols is 1. The first-order valence-corrected chi connectivity index (χ1v) is 9.87. The highest BCUT2D eigenvalue weighted by Crippen LogP contribution is 2.42. The zero-order chi connectivity index (χ0) is 21.4. The van der Waals surface area contributed by atoms with E-state index in [4.69, 9.17) is 9.47 Å². The molecule has 2 aromatic carbocycles. The Morgan fingerprint density at radius 3 is 2.73 bits per heavy atom. The van der Waals surface area contributed by atoms with Crippen molar-refractivity contribution in [3.8, 4) is 17.2 Å². The van der Waals surface area contributed by atoms with Crippen molar-refractivity contribution < 1.29 is 29.3 Å². The number of amides is 1. The Kier molecular flexibility index (Phi) is 5.11. The molecule has 1 atom stereocenters. The summed E-state index contributed by atoms with van der Waals surface area (Å²) in [4.78, 5) is 27.1. The van der Waals surface area contributed by atoms with Crippen LogP contribution in [0.1, 0.15) is 36.1 Å². The minimum absolute atomic E-state index is 0.0110. The van der Waals surface area contributed by atoms with E-state index in [1.165, 1.54) is 18.1 Å². The van der Waals surface area contributed by atoms with Gasteiger partial charge in [-0.1, -0.05) is 13.0 Å². The van der Waals surface area contributed by atoms with Gasteiger partial charge in [0, 0.05) is 18.5 Å². The van der Waals surface area contributed by atoms with E-state index in [2.05, 4.69) is 0 Å². The van der Waals surface area contributed by atoms with Gasteiger partial charge in [0.2, 0.25) is 0 Å². The SMILES string of the molecule is CCCN1C(=O)C(=O)/C(=C(\O)c2ccc3c(c2)CCO3)C1c1ccc(OC)c(O)c1. The Balaban J connectivity index is 1.86. The summed E-state index contributed by atoms with van der Waals surface area (Å²) in [6.07, 6.45) is 1.36. The van der Waals surface area contributed by atoms with E-state index in [1.54, 1.807) is 30.3 Å². The number of hydrogen-bond donors (Lipinski definition) is 2. The second-order valence-electron chi connectivity index (χ2n) is 7.34. The Bertz CT molecular complexity index is 1060. The van der Waals surface area contributed by atoms with Crippen LogP contribution < -0.4 is 9.47 Å². The maximum atomic E-state index is 12.9. The third-order valence-corrected chi connectivity index (χ3v) is 5.49. The third kappa shape index (κ3) is 3.16. The summed E-state index contributed by atoms with van der Waals surface area (Å²) < 4.78 is 10.6. The molecule has 7 heteroatoms. The number of phenolic OH excluding ortho intramolecular Hbond substituents is 1. The van der Waals surface area contributed by atoms with Crippen molar-refractivity contribution in [3.05, 3.63) is 58.7 Å². The number of fused-ring (bicyclic) bond motifs is 1. The van der Waals surface area contributed by atoms with Crippen LogP contribution in [0.5, 0.6) is 17.2 Å². The molecule has 0 saturated carbocycles. The highest BCUT2D eigenvalue weighted by molar-refractivity contribution is 6.46. The normalized spacial score (nSPS) is 19.7. The van der Waals surface area contributed by atoms with Gasteiger partial charge in [0.05, 0.1) is 25.3 Å². The third-order valence-electron chi connectivity index (χ3n) is 5.49. The predicted octanol–water partition coefficient (Wildman–Crippen LogP) is 3.17. The minimum atomic E-state index is -0.800. The molecule has 1 saturated heterocycles. The molecule has 4 rings (SSSR count). The molecule has 2 aliphatic heterocycles. The summed E-state index contributed by atoms with van der Waals surface area (Å²) in [7, 11) is 1.44. The zero-order valence-electron chi connectivity index (χ0n) is 16.8. The van der Waals surface area contributed by atoms with E-state index in [0.29, 0.717) is 30.7 Å². The van der Waals surface area contributed by atoms with E-state index >= 15 is 0 Å². The Morgan fingerprint density at radius 1 is 1.23 bits per heavy atom. The smallest absolute Gasteiger partial charge is 0.295 e. The molecule has 1 amide bonds. The predicted molar refractivity (Wildman–Crippen MR) is 110 cm³/mol.